The van der Waals surface area contributed by atoms with Gasteiger partial charge in [0.15, 0.2) is 0 Å². The molecule has 0 saturated heterocycles. The molecule has 112 valence electrons. The van der Waals surface area contributed by atoms with E-state index < -0.39 is 0 Å². The number of nitrogens with two attached hydrogens (primary N) is 1. The predicted molar refractivity (Wildman–Crippen MR) is 90.1 cm³/mol. The second-order valence-corrected chi connectivity index (χ2v) is 6.52. The molecule has 0 bridgehead atoms. The molecule has 1 aromatic carbocycles. The molecule has 0 unspecified atom stereocenters. The first-order chi connectivity index (χ1) is 10.8. The van der Waals surface area contributed by atoms with Crippen LogP contribution in [0.5, 0.6) is 5.88 Å². The third-order valence-corrected chi connectivity index (χ3v) is 4.90. The molecule has 0 spiro atoms. The van der Waals surface area contributed by atoms with E-state index in [2.05, 4.69) is 38.9 Å². The van der Waals surface area contributed by atoms with Crippen molar-refractivity contribution in [2.24, 2.45) is 5.92 Å². The molecule has 4 rings (SSSR count). The molecule has 1 fully saturated rings. The van der Waals surface area contributed by atoms with Crippen LogP contribution in [0.2, 0.25) is 0 Å². The number of thiophene rings is 1. The molecule has 0 aliphatic heterocycles. The monoisotopic (exact) mass is 311 g/mol. The predicted octanol–water partition coefficient (Wildman–Crippen LogP) is 4.12. The van der Waals surface area contributed by atoms with Crippen LogP contribution in [0.3, 0.4) is 0 Å². The summed E-state index contributed by atoms with van der Waals surface area (Å²) in [6.45, 7) is 0.717. The zero-order valence-electron chi connectivity index (χ0n) is 12.2. The number of anilines is 1. The summed E-state index contributed by atoms with van der Waals surface area (Å²) in [5, 5.41) is 5.14. The zero-order chi connectivity index (χ0) is 14.9. The number of fused-ring (bicyclic) bond motifs is 1. The Labute approximate surface area is 133 Å². The maximum Gasteiger partial charge on any atom is 0.226 e. The van der Waals surface area contributed by atoms with E-state index in [0.29, 0.717) is 18.4 Å². The largest absolute Gasteiger partial charge is 0.477 e. The Hall–Kier alpha value is -2.14. The minimum atomic E-state index is 0.263. The highest BCUT2D eigenvalue weighted by Crippen LogP contribution is 2.32. The second-order valence-electron chi connectivity index (χ2n) is 5.74. The fourth-order valence-electron chi connectivity index (χ4n) is 2.69. The summed E-state index contributed by atoms with van der Waals surface area (Å²) in [5.74, 6) is 1.53. The number of nitrogens with zero attached hydrogens (tertiary/aromatic N) is 2. The molecule has 5 heteroatoms. The van der Waals surface area contributed by atoms with Crippen LogP contribution in [0.1, 0.15) is 19.3 Å². The second kappa shape index (κ2) is 5.57. The summed E-state index contributed by atoms with van der Waals surface area (Å²) in [6, 6.07) is 8.24. The Morgan fingerprint density at radius 3 is 2.82 bits per heavy atom. The normalized spacial score (nSPS) is 14.9. The highest BCUT2D eigenvalue weighted by Gasteiger charge is 2.19. The van der Waals surface area contributed by atoms with E-state index in [0.717, 1.165) is 16.5 Å². The van der Waals surface area contributed by atoms with Gasteiger partial charge in [-0.15, -0.1) is 0 Å². The molecule has 0 amide bonds. The van der Waals surface area contributed by atoms with Crippen molar-refractivity contribution >= 4 is 28.2 Å². The maximum atomic E-state index is 5.95. The van der Waals surface area contributed by atoms with Crippen molar-refractivity contribution in [3.05, 3.63) is 35.0 Å². The van der Waals surface area contributed by atoms with Crippen molar-refractivity contribution in [3.63, 3.8) is 0 Å². The van der Waals surface area contributed by atoms with Crippen molar-refractivity contribution in [3.8, 4) is 17.0 Å². The summed E-state index contributed by atoms with van der Waals surface area (Å²) in [6.07, 6.45) is 3.81. The molecule has 2 N–H and O–H groups in total. The number of ether oxygens (including phenoxy) is 1. The third kappa shape index (κ3) is 2.52. The molecular weight excluding hydrogens is 294 g/mol. The summed E-state index contributed by atoms with van der Waals surface area (Å²) < 4.78 is 5.95. The number of benzene rings is 1. The van der Waals surface area contributed by atoms with Crippen molar-refractivity contribution in [2.45, 2.75) is 19.3 Å². The standard InChI is InChI=1S/C17H17N3OS/c18-17-19-15-5-4-12(13-6-7-22-10-13)8-14(15)16(20-17)21-9-11-2-1-3-11/h4-8,10-11H,1-3,9H2,(H2,18,19,20). The summed E-state index contributed by atoms with van der Waals surface area (Å²) in [5.41, 5.74) is 8.99. The summed E-state index contributed by atoms with van der Waals surface area (Å²) in [7, 11) is 0. The molecule has 2 aromatic heterocycles. The Morgan fingerprint density at radius 1 is 1.18 bits per heavy atom. The summed E-state index contributed by atoms with van der Waals surface area (Å²) >= 11 is 1.69. The van der Waals surface area contributed by atoms with Gasteiger partial charge in [0.1, 0.15) is 0 Å². The van der Waals surface area contributed by atoms with Crippen LogP contribution in [0, 0.1) is 5.92 Å². The van der Waals surface area contributed by atoms with Gasteiger partial charge in [-0.2, -0.15) is 16.3 Å². The Balaban J connectivity index is 1.73. The van der Waals surface area contributed by atoms with Gasteiger partial charge in [-0.1, -0.05) is 12.5 Å². The van der Waals surface area contributed by atoms with Gasteiger partial charge >= 0.3 is 0 Å². The first-order valence-corrected chi connectivity index (χ1v) is 8.46. The number of hydrogen-bond donors (Lipinski definition) is 1. The lowest BCUT2D eigenvalue weighted by atomic mass is 9.86. The lowest BCUT2D eigenvalue weighted by Crippen LogP contribution is -2.19. The highest BCUT2D eigenvalue weighted by molar-refractivity contribution is 7.08. The van der Waals surface area contributed by atoms with Crippen LogP contribution in [0.15, 0.2) is 35.0 Å². The van der Waals surface area contributed by atoms with Crippen molar-refractivity contribution in [2.75, 3.05) is 12.3 Å². The van der Waals surface area contributed by atoms with Gasteiger partial charge in [-0.05, 0) is 58.8 Å². The molecule has 0 radical (unpaired) electrons. The number of aromatic nitrogens is 2. The number of hydrogen-bond acceptors (Lipinski definition) is 5. The van der Waals surface area contributed by atoms with E-state index in [1.165, 1.54) is 24.8 Å². The van der Waals surface area contributed by atoms with E-state index in [4.69, 9.17) is 10.5 Å². The molecule has 4 nitrogen and oxygen atoms in total. The van der Waals surface area contributed by atoms with Crippen LogP contribution in [0.25, 0.3) is 22.0 Å². The van der Waals surface area contributed by atoms with Crippen molar-refractivity contribution in [1.29, 1.82) is 0 Å². The molecule has 22 heavy (non-hydrogen) atoms. The number of rotatable bonds is 4. The van der Waals surface area contributed by atoms with E-state index in [1.54, 1.807) is 11.3 Å². The highest BCUT2D eigenvalue weighted by atomic mass is 32.1. The quantitative estimate of drug-likeness (QED) is 0.787. The molecule has 1 saturated carbocycles. The topological polar surface area (TPSA) is 61.0 Å². The first-order valence-electron chi connectivity index (χ1n) is 7.52. The zero-order valence-corrected chi connectivity index (χ0v) is 13.0. The van der Waals surface area contributed by atoms with E-state index in [9.17, 15) is 0 Å². The van der Waals surface area contributed by atoms with Crippen molar-refractivity contribution < 1.29 is 4.74 Å². The van der Waals surface area contributed by atoms with Crippen molar-refractivity contribution in [1.82, 2.24) is 9.97 Å². The third-order valence-electron chi connectivity index (χ3n) is 4.21. The first kappa shape index (κ1) is 13.5. The average Bonchev–Trinajstić information content (AvgIpc) is 2.99. The van der Waals surface area contributed by atoms with E-state index in [1.807, 2.05) is 6.07 Å². The fraction of sp³-hybridized carbons (Fsp3) is 0.294. The molecule has 1 aliphatic carbocycles. The Morgan fingerprint density at radius 2 is 2.09 bits per heavy atom. The molecule has 0 atom stereocenters. The van der Waals surface area contributed by atoms with Gasteiger partial charge in [-0.25, -0.2) is 4.98 Å². The van der Waals surface area contributed by atoms with Gasteiger partial charge in [0.2, 0.25) is 11.8 Å². The molecule has 3 aromatic rings. The van der Waals surface area contributed by atoms with Gasteiger partial charge in [0.05, 0.1) is 17.5 Å². The Kier molecular flexibility index (Phi) is 3.42. The smallest absolute Gasteiger partial charge is 0.226 e. The van der Waals surface area contributed by atoms with E-state index in [-0.39, 0.29) is 5.95 Å². The van der Waals surface area contributed by atoms with Gasteiger partial charge in [-0.3, -0.25) is 0 Å². The van der Waals surface area contributed by atoms with Crippen LogP contribution in [0.4, 0.5) is 5.95 Å². The minimum Gasteiger partial charge on any atom is -0.477 e. The fourth-order valence-corrected chi connectivity index (χ4v) is 3.36. The SMILES string of the molecule is Nc1nc(OCC2CCC2)c2cc(-c3ccsc3)ccc2n1. The average molecular weight is 311 g/mol. The lowest BCUT2D eigenvalue weighted by molar-refractivity contribution is 0.177. The Bertz CT molecular complexity index is 797. The lowest BCUT2D eigenvalue weighted by Gasteiger charge is -2.25. The molecular formula is C17H17N3OS. The van der Waals surface area contributed by atoms with Gasteiger partial charge in [0.25, 0.3) is 0 Å². The van der Waals surface area contributed by atoms with E-state index >= 15 is 0 Å². The summed E-state index contributed by atoms with van der Waals surface area (Å²) in [4.78, 5) is 8.61. The molecule has 1 aliphatic rings. The van der Waals surface area contributed by atoms with Crippen LogP contribution in [-0.4, -0.2) is 16.6 Å². The van der Waals surface area contributed by atoms with Crippen LogP contribution < -0.4 is 10.5 Å². The van der Waals surface area contributed by atoms with Gasteiger partial charge in [0, 0.05) is 0 Å². The van der Waals surface area contributed by atoms with Crippen LogP contribution >= 0.6 is 11.3 Å². The van der Waals surface area contributed by atoms with Crippen LogP contribution in [-0.2, 0) is 0 Å². The molecule has 2 heterocycles. The maximum absolute atomic E-state index is 5.95. The number of nitrogen functional groups attached to an aromatic ring is 1. The minimum absolute atomic E-state index is 0.263. The van der Waals surface area contributed by atoms with Gasteiger partial charge < -0.3 is 10.5 Å².